The molecule has 2 aromatic carbocycles. The minimum Gasteiger partial charge on any atom is -0.497 e. The molecule has 0 N–H and O–H groups in total. The lowest BCUT2D eigenvalue weighted by molar-refractivity contribution is -0.400. The second kappa shape index (κ2) is 6.52. The summed E-state index contributed by atoms with van der Waals surface area (Å²) in [6.07, 6.45) is 3.17. The third kappa shape index (κ3) is 3.68. The van der Waals surface area contributed by atoms with Crippen LogP contribution in [-0.2, 0) is 6.42 Å². The van der Waals surface area contributed by atoms with Crippen LogP contribution in [0.2, 0.25) is 0 Å². The number of nitrogens with zero attached hydrogens (tertiary/aromatic N) is 1. The van der Waals surface area contributed by atoms with Crippen molar-refractivity contribution in [3.63, 3.8) is 0 Å². The summed E-state index contributed by atoms with van der Waals surface area (Å²) >= 11 is 0. The molecule has 0 aromatic heterocycles. The first-order chi connectivity index (χ1) is 9.69. The van der Waals surface area contributed by atoms with E-state index in [2.05, 4.69) is 0 Å². The number of methoxy groups -OCH3 is 1. The predicted octanol–water partition coefficient (Wildman–Crippen LogP) is 3.53. The lowest BCUT2D eigenvalue weighted by Crippen LogP contribution is -1.94. The zero-order valence-corrected chi connectivity index (χ0v) is 11.2. The van der Waals surface area contributed by atoms with Crippen molar-refractivity contribution in [3.05, 3.63) is 81.5 Å². The van der Waals surface area contributed by atoms with E-state index in [0.29, 0.717) is 6.42 Å². The quantitative estimate of drug-likeness (QED) is 0.616. The molecule has 0 saturated heterocycles. The van der Waals surface area contributed by atoms with E-state index >= 15 is 0 Å². The third-order valence-electron chi connectivity index (χ3n) is 2.96. The fourth-order valence-electron chi connectivity index (χ4n) is 1.98. The van der Waals surface area contributed by atoms with Gasteiger partial charge in [-0.05, 0) is 35.2 Å². The highest BCUT2D eigenvalue weighted by atomic mass is 16.6. The molecule has 2 rings (SSSR count). The Morgan fingerprint density at radius 3 is 2.60 bits per heavy atom. The third-order valence-corrected chi connectivity index (χ3v) is 2.96. The SMILES string of the molecule is COc1ccc(C=C[N+](=O)[O-])c(Cc2ccccc2)c1. The molecule has 2 aromatic rings. The first-order valence-electron chi connectivity index (χ1n) is 6.21. The van der Waals surface area contributed by atoms with E-state index in [0.717, 1.165) is 28.6 Å². The molecular weight excluding hydrogens is 254 g/mol. The van der Waals surface area contributed by atoms with Gasteiger partial charge < -0.3 is 4.74 Å². The monoisotopic (exact) mass is 269 g/mol. The van der Waals surface area contributed by atoms with Gasteiger partial charge in [0.25, 0.3) is 0 Å². The summed E-state index contributed by atoms with van der Waals surface area (Å²) in [6, 6.07) is 15.5. The van der Waals surface area contributed by atoms with Crippen molar-refractivity contribution in [1.82, 2.24) is 0 Å². The van der Waals surface area contributed by atoms with E-state index < -0.39 is 4.92 Å². The van der Waals surface area contributed by atoms with E-state index in [1.807, 2.05) is 42.5 Å². The topological polar surface area (TPSA) is 52.4 Å². The van der Waals surface area contributed by atoms with E-state index in [9.17, 15) is 10.1 Å². The van der Waals surface area contributed by atoms with Crippen molar-refractivity contribution in [1.29, 1.82) is 0 Å². The second-order valence-electron chi connectivity index (χ2n) is 4.33. The smallest absolute Gasteiger partial charge is 0.235 e. The summed E-state index contributed by atoms with van der Waals surface area (Å²) in [6.45, 7) is 0. The van der Waals surface area contributed by atoms with E-state index in [1.54, 1.807) is 13.2 Å². The Bertz CT molecular complexity index is 621. The van der Waals surface area contributed by atoms with Crippen LogP contribution in [0.5, 0.6) is 5.75 Å². The van der Waals surface area contributed by atoms with Gasteiger partial charge in [-0.15, -0.1) is 0 Å². The van der Waals surface area contributed by atoms with Gasteiger partial charge in [0, 0.05) is 6.08 Å². The molecule has 0 aliphatic carbocycles. The summed E-state index contributed by atoms with van der Waals surface area (Å²) in [5.74, 6) is 0.745. The highest BCUT2D eigenvalue weighted by Crippen LogP contribution is 2.22. The number of benzene rings is 2. The molecular formula is C16H15NO3. The normalized spacial score (nSPS) is 10.7. The molecule has 4 nitrogen and oxygen atoms in total. The van der Waals surface area contributed by atoms with Crippen molar-refractivity contribution in [3.8, 4) is 5.75 Å². The van der Waals surface area contributed by atoms with Gasteiger partial charge in [0.05, 0.1) is 12.0 Å². The molecule has 0 spiro atoms. The van der Waals surface area contributed by atoms with Gasteiger partial charge in [-0.1, -0.05) is 36.4 Å². The number of nitro groups is 1. The number of rotatable bonds is 5. The van der Waals surface area contributed by atoms with Gasteiger partial charge in [0.2, 0.25) is 6.20 Å². The van der Waals surface area contributed by atoms with Gasteiger partial charge >= 0.3 is 0 Å². The van der Waals surface area contributed by atoms with Crippen LogP contribution < -0.4 is 4.74 Å². The largest absolute Gasteiger partial charge is 0.497 e. The minimum atomic E-state index is -0.462. The van der Waals surface area contributed by atoms with Gasteiger partial charge in [-0.2, -0.15) is 0 Å². The van der Waals surface area contributed by atoms with Crippen molar-refractivity contribution in [2.75, 3.05) is 7.11 Å². The van der Waals surface area contributed by atoms with Crippen molar-refractivity contribution in [2.24, 2.45) is 0 Å². The molecule has 0 bridgehead atoms. The molecule has 0 atom stereocenters. The maximum absolute atomic E-state index is 10.5. The highest BCUT2D eigenvalue weighted by Gasteiger charge is 2.05. The molecule has 0 amide bonds. The first kappa shape index (κ1) is 13.8. The standard InChI is InChI=1S/C16H15NO3/c1-20-16-8-7-14(9-10-17(18)19)15(12-16)11-13-5-3-2-4-6-13/h2-10,12H,11H2,1H3. The molecule has 0 radical (unpaired) electrons. The minimum absolute atomic E-state index is 0.462. The maximum Gasteiger partial charge on any atom is 0.235 e. The Balaban J connectivity index is 2.34. The second-order valence-corrected chi connectivity index (χ2v) is 4.33. The van der Waals surface area contributed by atoms with Crippen LogP contribution in [0.1, 0.15) is 16.7 Å². The summed E-state index contributed by atoms with van der Waals surface area (Å²) < 4.78 is 5.22. The molecule has 0 saturated carbocycles. The lowest BCUT2D eigenvalue weighted by Gasteiger charge is -2.08. The van der Waals surface area contributed by atoms with Gasteiger partial charge in [-0.25, -0.2) is 0 Å². The van der Waals surface area contributed by atoms with E-state index in [1.165, 1.54) is 6.08 Å². The molecule has 0 fully saturated rings. The Labute approximate surface area is 117 Å². The molecule has 0 heterocycles. The molecule has 4 heteroatoms. The molecule has 0 aliphatic rings. The summed E-state index contributed by atoms with van der Waals surface area (Å²) in [7, 11) is 1.61. The molecule has 0 unspecified atom stereocenters. The average Bonchev–Trinajstić information content (AvgIpc) is 2.46. The molecule has 0 aliphatic heterocycles. The lowest BCUT2D eigenvalue weighted by atomic mass is 9.99. The van der Waals surface area contributed by atoms with Crippen molar-refractivity contribution >= 4 is 6.08 Å². The van der Waals surface area contributed by atoms with Crippen LogP contribution in [0, 0.1) is 10.1 Å². The molecule has 102 valence electrons. The Morgan fingerprint density at radius 1 is 1.20 bits per heavy atom. The van der Waals surface area contributed by atoms with Gasteiger partial charge in [-0.3, -0.25) is 10.1 Å². The van der Waals surface area contributed by atoms with E-state index in [-0.39, 0.29) is 0 Å². The average molecular weight is 269 g/mol. The number of hydrogen-bond donors (Lipinski definition) is 0. The van der Waals surface area contributed by atoms with Crippen LogP contribution in [0.15, 0.2) is 54.7 Å². The van der Waals surface area contributed by atoms with Gasteiger partial charge in [0.15, 0.2) is 0 Å². The fourth-order valence-corrected chi connectivity index (χ4v) is 1.98. The van der Waals surface area contributed by atoms with Crippen LogP contribution in [-0.4, -0.2) is 12.0 Å². The Morgan fingerprint density at radius 2 is 1.95 bits per heavy atom. The highest BCUT2D eigenvalue weighted by molar-refractivity contribution is 5.56. The fraction of sp³-hybridized carbons (Fsp3) is 0.125. The van der Waals surface area contributed by atoms with Crippen LogP contribution in [0.4, 0.5) is 0 Å². The summed E-state index contributed by atoms with van der Waals surface area (Å²) in [5, 5.41) is 10.5. The zero-order valence-electron chi connectivity index (χ0n) is 11.2. The van der Waals surface area contributed by atoms with Crippen molar-refractivity contribution < 1.29 is 9.66 Å². The Kier molecular flexibility index (Phi) is 4.50. The summed E-state index contributed by atoms with van der Waals surface area (Å²) in [5.41, 5.74) is 2.97. The van der Waals surface area contributed by atoms with Crippen LogP contribution >= 0.6 is 0 Å². The Hall–Kier alpha value is -2.62. The van der Waals surface area contributed by atoms with Crippen LogP contribution in [0.25, 0.3) is 6.08 Å². The maximum atomic E-state index is 10.5. The number of hydrogen-bond acceptors (Lipinski definition) is 3. The van der Waals surface area contributed by atoms with Crippen LogP contribution in [0.3, 0.4) is 0 Å². The zero-order chi connectivity index (χ0) is 14.4. The summed E-state index contributed by atoms with van der Waals surface area (Å²) in [4.78, 5) is 10.00. The predicted molar refractivity (Wildman–Crippen MR) is 78.3 cm³/mol. The first-order valence-corrected chi connectivity index (χ1v) is 6.21. The van der Waals surface area contributed by atoms with Gasteiger partial charge in [0.1, 0.15) is 5.75 Å². The molecule has 20 heavy (non-hydrogen) atoms. The number of ether oxygens (including phenoxy) is 1. The van der Waals surface area contributed by atoms with E-state index in [4.69, 9.17) is 4.74 Å². The van der Waals surface area contributed by atoms with Crippen molar-refractivity contribution in [2.45, 2.75) is 6.42 Å².